The number of hydrogen-bond acceptors (Lipinski definition) is 5. The average Bonchev–Trinajstić information content (AvgIpc) is 3.34. The molecule has 8 nitrogen and oxygen atoms in total. The largest absolute Gasteiger partial charge is 0.481 e. The van der Waals surface area contributed by atoms with Crippen LogP contribution in [0.15, 0.2) is 78.9 Å². The molecule has 1 heterocycles. The Morgan fingerprint density at radius 2 is 1.56 bits per heavy atom. The fraction of sp³-hybridized carbons (Fsp3) is 0.107. The average molecular weight is 482 g/mol. The number of anilines is 2. The van der Waals surface area contributed by atoms with Crippen molar-refractivity contribution in [2.45, 2.75) is 12.8 Å². The number of carboxylic acid groups (broad SMARTS) is 1. The van der Waals surface area contributed by atoms with Gasteiger partial charge in [0.25, 0.3) is 11.8 Å². The van der Waals surface area contributed by atoms with E-state index in [2.05, 4.69) is 10.6 Å². The van der Waals surface area contributed by atoms with Gasteiger partial charge in [0.2, 0.25) is 6.79 Å². The Labute approximate surface area is 206 Å². The van der Waals surface area contributed by atoms with Gasteiger partial charge in [-0.15, -0.1) is 0 Å². The predicted octanol–water partition coefficient (Wildman–Crippen LogP) is 5.09. The zero-order valence-electron chi connectivity index (χ0n) is 19.1. The van der Waals surface area contributed by atoms with Crippen LogP contribution in [0.3, 0.4) is 0 Å². The van der Waals surface area contributed by atoms with E-state index in [9.17, 15) is 14.4 Å². The molecule has 0 radical (unpaired) electrons. The van der Waals surface area contributed by atoms with E-state index in [0.717, 1.165) is 16.3 Å². The molecule has 0 unspecified atom stereocenters. The summed E-state index contributed by atoms with van der Waals surface area (Å²) in [5.74, 6) is -0.895. The zero-order valence-corrected chi connectivity index (χ0v) is 19.1. The van der Waals surface area contributed by atoms with Gasteiger partial charge in [-0.1, -0.05) is 42.5 Å². The van der Waals surface area contributed by atoms with Gasteiger partial charge in [-0.2, -0.15) is 0 Å². The van der Waals surface area contributed by atoms with Crippen molar-refractivity contribution in [2.24, 2.45) is 0 Å². The Hall–Kier alpha value is -4.85. The second-order valence-electron chi connectivity index (χ2n) is 8.32. The molecule has 4 aromatic carbocycles. The Morgan fingerprint density at radius 1 is 0.778 bits per heavy atom. The first-order chi connectivity index (χ1) is 17.5. The Kier molecular flexibility index (Phi) is 6.23. The van der Waals surface area contributed by atoms with Crippen LogP contribution in [0, 0.1) is 0 Å². The molecule has 0 aliphatic carbocycles. The first-order valence-corrected chi connectivity index (χ1v) is 11.3. The molecule has 0 atom stereocenters. The van der Waals surface area contributed by atoms with Crippen molar-refractivity contribution >= 4 is 39.9 Å². The van der Waals surface area contributed by atoms with Crippen molar-refractivity contribution in [3.63, 3.8) is 0 Å². The molecule has 1 aliphatic rings. The lowest BCUT2D eigenvalue weighted by Gasteiger charge is -2.14. The van der Waals surface area contributed by atoms with Crippen LogP contribution in [-0.2, 0) is 11.2 Å². The number of carboxylic acids is 1. The van der Waals surface area contributed by atoms with Crippen molar-refractivity contribution in [3.05, 3.63) is 95.6 Å². The first-order valence-electron chi connectivity index (χ1n) is 11.3. The van der Waals surface area contributed by atoms with Crippen molar-refractivity contribution in [2.75, 3.05) is 17.4 Å². The minimum absolute atomic E-state index is 0.00941. The molecular formula is C28H22N2O6. The summed E-state index contributed by atoms with van der Waals surface area (Å²) in [5.41, 5.74) is 2.21. The highest BCUT2D eigenvalue weighted by molar-refractivity contribution is 6.13. The number of nitrogens with one attached hydrogen (secondary N) is 2. The zero-order chi connectivity index (χ0) is 25.1. The normalized spacial score (nSPS) is 11.8. The van der Waals surface area contributed by atoms with Crippen LogP contribution in [0.1, 0.15) is 32.7 Å². The molecule has 3 N–H and O–H groups in total. The SMILES string of the molecule is O=C(O)CCc1cccc(NC(=O)c2cc3c(cc2NC(=O)c2ccc4ccccc4c2)OCO3)c1. The van der Waals surface area contributed by atoms with E-state index in [4.69, 9.17) is 14.6 Å². The Bertz CT molecular complexity index is 1500. The molecule has 0 bridgehead atoms. The first kappa shape index (κ1) is 22.9. The van der Waals surface area contributed by atoms with Gasteiger partial charge in [-0.25, -0.2) is 0 Å². The maximum Gasteiger partial charge on any atom is 0.303 e. The molecule has 0 spiro atoms. The molecule has 2 amide bonds. The fourth-order valence-electron chi connectivity index (χ4n) is 4.01. The van der Waals surface area contributed by atoms with E-state index in [1.807, 2.05) is 30.3 Å². The maximum atomic E-state index is 13.3. The summed E-state index contributed by atoms with van der Waals surface area (Å²) in [6, 6.07) is 23.2. The summed E-state index contributed by atoms with van der Waals surface area (Å²) in [6.07, 6.45) is 0.334. The number of aryl methyl sites for hydroxylation is 1. The molecule has 4 aromatic rings. The lowest BCUT2D eigenvalue weighted by Crippen LogP contribution is -2.18. The van der Waals surface area contributed by atoms with Gasteiger partial charge < -0.3 is 25.2 Å². The fourth-order valence-corrected chi connectivity index (χ4v) is 4.01. The molecule has 180 valence electrons. The summed E-state index contributed by atoms with van der Waals surface area (Å²) in [7, 11) is 0. The van der Waals surface area contributed by atoms with Crippen LogP contribution in [-0.4, -0.2) is 29.7 Å². The van der Waals surface area contributed by atoms with Crippen molar-refractivity contribution in [1.29, 1.82) is 0 Å². The predicted molar refractivity (Wildman–Crippen MR) is 135 cm³/mol. The summed E-state index contributed by atoms with van der Waals surface area (Å²) in [6.45, 7) is 0.0179. The number of carbonyl (C=O) groups excluding carboxylic acids is 2. The quantitative estimate of drug-likeness (QED) is 0.338. The smallest absolute Gasteiger partial charge is 0.303 e. The van der Waals surface area contributed by atoms with Crippen LogP contribution in [0.2, 0.25) is 0 Å². The molecule has 8 heteroatoms. The summed E-state index contributed by atoms with van der Waals surface area (Å²) in [5, 5.41) is 16.5. The Balaban J connectivity index is 1.41. The molecule has 1 aliphatic heterocycles. The standard InChI is InChI=1S/C28H22N2O6/c31-26(32)11-8-17-4-3-7-21(12-17)29-28(34)22-14-24-25(36-16-35-24)15-23(22)30-27(33)20-10-9-18-5-1-2-6-19(18)13-20/h1-7,9-10,12-15H,8,11,16H2,(H,29,34)(H,30,33)(H,31,32). The highest BCUT2D eigenvalue weighted by Crippen LogP contribution is 2.37. The van der Waals surface area contributed by atoms with Gasteiger partial charge in [-0.3, -0.25) is 14.4 Å². The monoisotopic (exact) mass is 482 g/mol. The van der Waals surface area contributed by atoms with Crippen LogP contribution < -0.4 is 20.1 Å². The number of aliphatic carboxylic acids is 1. The molecular weight excluding hydrogens is 460 g/mol. The van der Waals surface area contributed by atoms with Gasteiger partial charge in [-0.05, 0) is 53.1 Å². The van der Waals surface area contributed by atoms with Crippen LogP contribution in [0.25, 0.3) is 10.8 Å². The third-order valence-corrected chi connectivity index (χ3v) is 5.83. The number of fused-ring (bicyclic) bond motifs is 2. The number of ether oxygens (including phenoxy) is 2. The second-order valence-corrected chi connectivity index (χ2v) is 8.32. The maximum absolute atomic E-state index is 13.3. The van der Waals surface area contributed by atoms with Crippen molar-refractivity contribution in [1.82, 2.24) is 0 Å². The number of rotatable bonds is 7. The summed E-state index contributed by atoms with van der Waals surface area (Å²) < 4.78 is 10.9. The lowest BCUT2D eigenvalue weighted by molar-refractivity contribution is -0.136. The van der Waals surface area contributed by atoms with E-state index in [1.165, 1.54) is 6.07 Å². The number of amides is 2. The highest BCUT2D eigenvalue weighted by atomic mass is 16.7. The van der Waals surface area contributed by atoms with Crippen LogP contribution >= 0.6 is 0 Å². The van der Waals surface area contributed by atoms with E-state index < -0.39 is 11.9 Å². The molecule has 0 fully saturated rings. The molecule has 0 aromatic heterocycles. The Morgan fingerprint density at radius 3 is 2.36 bits per heavy atom. The van der Waals surface area contributed by atoms with Crippen LogP contribution in [0.5, 0.6) is 11.5 Å². The third-order valence-electron chi connectivity index (χ3n) is 5.83. The van der Waals surface area contributed by atoms with Crippen LogP contribution in [0.4, 0.5) is 11.4 Å². The van der Waals surface area contributed by atoms with Crippen molar-refractivity contribution in [3.8, 4) is 11.5 Å². The summed E-state index contributed by atoms with van der Waals surface area (Å²) in [4.78, 5) is 37.2. The number of hydrogen-bond donors (Lipinski definition) is 3. The van der Waals surface area contributed by atoms with Gasteiger partial charge in [0.1, 0.15) is 0 Å². The lowest BCUT2D eigenvalue weighted by atomic mass is 10.1. The molecule has 0 saturated heterocycles. The van der Waals surface area contributed by atoms with Crippen molar-refractivity contribution < 1.29 is 29.0 Å². The van der Waals surface area contributed by atoms with Gasteiger partial charge in [0, 0.05) is 23.7 Å². The number of carbonyl (C=O) groups is 3. The van der Waals surface area contributed by atoms with E-state index in [-0.39, 0.29) is 30.4 Å². The number of benzene rings is 4. The minimum atomic E-state index is -0.892. The van der Waals surface area contributed by atoms with E-state index in [1.54, 1.807) is 42.5 Å². The minimum Gasteiger partial charge on any atom is -0.481 e. The highest BCUT2D eigenvalue weighted by Gasteiger charge is 2.23. The van der Waals surface area contributed by atoms with Gasteiger partial charge in [0.15, 0.2) is 11.5 Å². The summed E-state index contributed by atoms with van der Waals surface area (Å²) >= 11 is 0. The van der Waals surface area contributed by atoms with Gasteiger partial charge >= 0.3 is 5.97 Å². The van der Waals surface area contributed by atoms with E-state index >= 15 is 0 Å². The topological polar surface area (TPSA) is 114 Å². The molecule has 36 heavy (non-hydrogen) atoms. The second kappa shape index (κ2) is 9.79. The molecule has 5 rings (SSSR count). The third kappa shape index (κ3) is 4.97. The van der Waals surface area contributed by atoms with E-state index in [0.29, 0.717) is 29.2 Å². The van der Waals surface area contributed by atoms with Gasteiger partial charge in [0.05, 0.1) is 11.3 Å². The molecule has 0 saturated carbocycles.